The number of carbonyl (C=O) groups excluding carboxylic acids is 2. The first-order chi connectivity index (χ1) is 9.08. The van der Waals surface area contributed by atoms with Crippen LogP contribution in [0.4, 0.5) is 0 Å². The number of hydrogen-bond donors (Lipinski definition) is 2. The monoisotopic (exact) mass is 267 g/mol. The van der Waals surface area contributed by atoms with Crippen LogP contribution in [0.5, 0.6) is 0 Å². The van der Waals surface area contributed by atoms with Gasteiger partial charge in [0.25, 0.3) is 0 Å². The first-order valence-electron chi connectivity index (χ1n) is 7.42. The summed E-state index contributed by atoms with van der Waals surface area (Å²) in [6.45, 7) is 0.766. The molecule has 0 aromatic rings. The molecule has 2 aliphatic rings. The molecule has 0 radical (unpaired) electrons. The second-order valence-corrected chi connectivity index (χ2v) is 5.98. The minimum atomic E-state index is -0.315. The highest BCUT2D eigenvalue weighted by Gasteiger charge is 2.34. The van der Waals surface area contributed by atoms with Gasteiger partial charge in [0.15, 0.2) is 0 Å². The van der Waals surface area contributed by atoms with E-state index in [-0.39, 0.29) is 29.8 Å². The van der Waals surface area contributed by atoms with Crippen LogP contribution in [0.3, 0.4) is 0 Å². The fourth-order valence-corrected chi connectivity index (χ4v) is 3.42. The number of likely N-dealkylation sites (tertiary alicyclic amines) is 1. The summed E-state index contributed by atoms with van der Waals surface area (Å²) in [4.78, 5) is 25.6. The van der Waals surface area contributed by atoms with Crippen LogP contribution >= 0.6 is 0 Å². The molecular formula is C14H25N3O2. The van der Waals surface area contributed by atoms with E-state index >= 15 is 0 Å². The Morgan fingerprint density at radius 2 is 1.89 bits per heavy atom. The van der Waals surface area contributed by atoms with Gasteiger partial charge >= 0.3 is 0 Å². The molecule has 2 fully saturated rings. The zero-order valence-electron chi connectivity index (χ0n) is 11.5. The maximum Gasteiger partial charge on any atom is 0.226 e. The number of nitrogens with zero attached hydrogens (tertiary/aromatic N) is 1. The van der Waals surface area contributed by atoms with Gasteiger partial charge in [0.1, 0.15) is 0 Å². The minimum absolute atomic E-state index is 0.0110. The van der Waals surface area contributed by atoms with Crippen molar-refractivity contribution < 1.29 is 9.59 Å². The average Bonchev–Trinajstić information content (AvgIpc) is 2.38. The normalized spacial score (nSPS) is 32.1. The summed E-state index contributed by atoms with van der Waals surface area (Å²) in [6.07, 6.45) is 7.08. The summed E-state index contributed by atoms with van der Waals surface area (Å²) in [5, 5.41) is 0. The number of rotatable bonds is 3. The Hall–Kier alpha value is -1.10. The summed E-state index contributed by atoms with van der Waals surface area (Å²) >= 11 is 0. The molecule has 0 bridgehead atoms. The molecule has 1 heterocycles. The topological polar surface area (TPSA) is 89.4 Å². The van der Waals surface area contributed by atoms with Crippen molar-refractivity contribution >= 4 is 11.8 Å². The van der Waals surface area contributed by atoms with Crippen LogP contribution in [0, 0.1) is 5.92 Å². The zero-order chi connectivity index (χ0) is 13.8. The smallest absolute Gasteiger partial charge is 0.226 e. The predicted molar refractivity (Wildman–Crippen MR) is 73.1 cm³/mol. The third kappa shape index (κ3) is 3.69. The number of carbonyl (C=O) groups is 2. The number of primary amides is 1. The van der Waals surface area contributed by atoms with Crippen molar-refractivity contribution in [1.82, 2.24) is 4.90 Å². The summed E-state index contributed by atoms with van der Waals surface area (Å²) in [5.74, 6) is -0.0663. The average molecular weight is 267 g/mol. The molecule has 1 saturated heterocycles. The van der Waals surface area contributed by atoms with Gasteiger partial charge in [-0.15, -0.1) is 0 Å². The molecule has 0 spiro atoms. The van der Waals surface area contributed by atoms with Crippen LogP contribution < -0.4 is 11.5 Å². The maximum absolute atomic E-state index is 12.6. The summed E-state index contributed by atoms with van der Waals surface area (Å²) in [7, 11) is 0. The first-order valence-corrected chi connectivity index (χ1v) is 7.42. The Morgan fingerprint density at radius 1 is 1.11 bits per heavy atom. The number of nitrogens with two attached hydrogens (primary N) is 2. The van der Waals surface area contributed by atoms with E-state index in [0.29, 0.717) is 6.42 Å². The standard InChI is InChI=1S/C14H25N3O2/c15-11-5-3-4-10(8-11)14(19)17-7-2-1-6-12(17)9-13(16)18/h10-12H,1-9,15H2,(H2,16,18)/t10-,11-,12+/m1/s1. The van der Waals surface area contributed by atoms with Crippen molar-refractivity contribution in [3.05, 3.63) is 0 Å². The Balaban J connectivity index is 2.00. The summed E-state index contributed by atoms with van der Waals surface area (Å²) < 4.78 is 0. The Morgan fingerprint density at radius 3 is 2.58 bits per heavy atom. The molecule has 2 rings (SSSR count). The highest BCUT2D eigenvalue weighted by Crippen LogP contribution is 2.28. The van der Waals surface area contributed by atoms with E-state index in [1.165, 1.54) is 0 Å². The van der Waals surface area contributed by atoms with E-state index in [1.54, 1.807) is 0 Å². The molecule has 5 heteroatoms. The fourth-order valence-electron chi connectivity index (χ4n) is 3.42. The quantitative estimate of drug-likeness (QED) is 0.791. The van der Waals surface area contributed by atoms with Crippen molar-refractivity contribution in [2.24, 2.45) is 17.4 Å². The van der Waals surface area contributed by atoms with Crippen molar-refractivity contribution in [2.75, 3.05) is 6.54 Å². The van der Waals surface area contributed by atoms with E-state index in [0.717, 1.165) is 51.5 Å². The predicted octanol–water partition coefficient (Wildman–Crippen LogP) is 0.760. The third-order valence-electron chi connectivity index (χ3n) is 4.41. The molecule has 4 N–H and O–H groups in total. The van der Waals surface area contributed by atoms with Gasteiger partial charge in [-0.2, -0.15) is 0 Å². The number of piperidine rings is 1. The molecule has 2 amide bonds. The molecule has 1 aliphatic carbocycles. The lowest BCUT2D eigenvalue weighted by molar-refractivity contribution is -0.141. The second-order valence-electron chi connectivity index (χ2n) is 5.98. The van der Waals surface area contributed by atoms with E-state index in [1.807, 2.05) is 4.90 Å². The highest BCUT2D eigenvalue weighted by molar-refractivity contribution is 5.81. The van der Waals surface area contributed by atoms with Crippen LogP contribution in [0.2, 0.25) is 0 Å². The molecule has 1 saturated carbocycles. The van der Waals surface area contributed by atoms with Crippen molar-refractivity contribution in [3.63, 3.8) is 0 Å². The van der Waals surface area contributed by atoms with E-state index in [2.05, 4.69) is 0 Å². The summed E-state index contributed by atoms with van der Waals surface area (Å²) in [5.41, 5.74) is 11.3. The van der Waals surface area contributed by atoms with Crippen LogP contribution in [-0.2, 0) is 9.59 Å². The summed E-state index contributed by atoms with van der Waals surface area (Å²) in [6, 6.07) is 0.166. The van der Waals surface area contributed by atoms with Crippen LogP contribution in [0.15, 0.2) is 0 Å². The Labute approximate surface area is 114 Å². The van der Waals surface area contributed by atoms with Gasteiger partial charge in [0, 0.05) is 31.0 Å². The Bertz CT molecular complexity index is 346. The lowest BCUT2D eigenvalue weighted by atomic mass is 9.84. The molecule has 0 unspecified atom stereocenters. The van der Waals surface area contributed by atoms with Gasteiger partial charge < -0.3 is 16.4 Å². The molecular weight excluding hydrogens is 242 g/mol. The molecule has 0 aromatic heterocycles. The lowest BCUT2D eigenvalue weighted by Gasteiger charge is -2.39. The molecule has 19 heavy (non-hydrogen) atoms. The lowest BCUT2D eigenvalue weighted by Crippen LogP contribution is -2.49. The van der Waals surface area contributed by atoms with Crippen molar-refractivity contribution in [3.8, 4) is 0 Å². The van der Waals surface area contributed by atoms with Gasteiger partial charge in [-0.05, 0) is 38.5 Å². The van der Waals surface area contributed by atoms with Gasteiger partial charge in [-0.1, -0.05) is 6.42 Å². The fraction of sp³-hybridized carbons (Fsp3) is 0.857. The molecule has 3 atom stereocenters. The van der Waals surface area contributed by atoms with Crippen molar-refractivity contribution in [1.29, 1.82) is 0 Å². The van der Waals surface area contributed by atoms with Crippen LogP contribution in [-0.4, -0.2) is 35.3 Å². The molecule has 0 aromatic carbocycles. The van der Waals surface area contributed by atoms with Gasteiger partial charge in [0.05, 0.1) is 0 Å². The van der Waals surface area contributed by atoms with E-state index < -0.39 is 0 Å². The molecule has 108 valence electrons. The van der Waals surface area contributed by atoms with Gasteiger partial charge in [-0.3, -0.25) is 9.59 Å². The first kappa shape index (κ1) is 14.3. The molecule has 1 aliphatic heterocycles. The largest absolute Gasteiger partial charge is 0.370 e. The van der Waals surface area contributed by atoms with E-state index in [4.69, 9.17) is 11.5 Å². The van der Waals surface area contributed by atoms with Gasteiger partial charge in [0.2, 0.25) is 11.8 Å². The SMILES string of the molecule is NC(=O)C[C@@H]1CCCCN1C(=O)[C@@H]1CCC[C@@H](N)C1. The molecule has 5 nitrogen and oxygen atoms in total. The zero-order valence-corrected chi connectivity index (χ0v) is 11.5. The number of hydrogen-bond acceptors (Lipinski definition) is 3. The van der Waals surface area contributed by atoms with Crippen LogP contribution in [0.1, 0.15) is 51.4 Å². The Kier molecular flexibility index (Phi) is 4.80. The maximum atomic E-state index is 12.6. The van der Waals surface area contributed by atoms with Crippen molar-refractivity contribution in [2.45, 2.75) is 63.5 Å². The van der Waals surface area contributed by atoms with Gasteiger partial charge in [-0.25, -0.2) is 0 Å². The third-order valence-corrected chi connectivity index (χ3v) is 4.41. The highest BCUT2D eigenvalue weighted by atomic mass is 16.2. The number of amides is 2. The van der Waals surface area contributed by atoms with E-state index in [9.17, 15) is 9.59 Å². The minimum Gasteiger partial charge on any atom is -0.370 e. The van der Waals surface area contributed by atoms with Crippen LogP contribution in [0.25, 0.3) is 0 Å². The second kappa shape index (κ2) is 6.37.